The number of methoxy groups -OCH3 is 3. The number of aromatic amines is 1. The molecule has 1 aliphatic rings. The van der Waals surface area contributed by atoms with E-state index in [2.05, 4.69) is 15.3 Å². The fourth-order valence-electron chi connectivity index (χ4n) is 3.70. The Balaban J connectivity index is 2.02. The van der Waals surface area contributed by atoms with Crippen molar-refractivity contribution in [1.82, 2.24) is 20.2 Å². The van der Waals surface area contributed by atoms with Crippen LogP contribution in [0.5, 0.6) is 11.5 Å². The van der Waals surface area contributed by atoms with E-state index in [1.165, 1.54) is 7.11 Å². The molecule has 9 heteroatoms. The van der Waals surface area contributed by atoms with E-state index in [-0.39, 0.29) is 11.9 Å². The van der Waals surface area contributed by atoms with Crippen molar-refractivity contribution >= 4 is 12.0 Å². The Morgan fingerprint density at radius 1 is 1.23 bits per heavy atom. The van der Waals surface area contributed by atoms with Crippen molar-refractivity contribution in [2.45, 2.75) is 32.4 Å². The third-order valence-electron chi connectivity index (χ3n) is 5.32. The van der Waals surface area contributed by atoms with Crippen molar-refractivity contribution in [1.29, 1.82) is 0 Å². The number of hydrogen-bond donors (Lipinski definition) is 2. The second-order valence-corrected chi connectivity index (χ2v) is 7.41. The van der Waals surface area contributed by atoms with Gasteiger partial charge in [-0.15, -0.1) is 0 Å². The van der Waals surface area contributed by atoms with Gasteiger partial charge in [0, 0.05) is 24.2 Å². The standard InChI is InChI=1S/C21H28N4O5/c1-12(2)17(20(26)30-5)24-21(27)25-9-8-15-18(23-11-22-15)19(25)14-10-13(28-3)6-7-16(14)29-4/h6-7,10-12,17,19H,8-9H2,1-5H3,(H,22,23)(H,24,27)/t17-,19+/m0/s1. The molecule has 1 aromatic carbocycles. The van der Waals surface area contributed by atoms with Gasteiger partial charge in [-0.3, -0.25) is 0 Å². The number of carbonyl (C=O) groups is 2. The van der Waals surface area contributed by atoms with Gasteiger partial charge in [-0.1, -0.05) is 13.8 Å². The van der Waals surface area contributed by atoms with E-state index in [0.717, 1.165) is 17.0 Å². The molecule has 0 spiro atoms. The molecule has 2 aromatic rings. The van der Waals surface area contributed by atoms with Crippen LogP contribution in [0, 0.1) is 5.92 Å². The van der Waals surface area contributed by atoms with Crippen LogP contribution in [0.25, 0.3) is 0 Å². The maximum atomic E-state index is 13.3. The van der Waals surface area contributed by atoms with Crippen molar-refractivity contribution < 1.29 is 23.8 Å². The van der Waals surface area contributed by atoms with Gasteiger partial charge in [0.25, 0.3) is 0 Å². The van der Waals surface area contributed by atoms with E-state index in [4.69, 9.17) is 14.2 Å². The molecule has 2 amide bonds. The van der Waals surface area contributed by atoms with E-state index in [0.29, 0.717) is 24.5 Å². The van der Waals surface area contributed by atoms with E-state index in [9.17, 15) is 9.59 Å². The first kappa shape index (κ1) is 21.5. The molecule has 162 valence electrons. The van der Waals surface area contributed by atoms with Crippen LogP contribution >= 0.6 is 0 Å². The van der Waals surface area contributed by atoms with Gasteiger partial charge >= 0.3 is 12.0 Å². The highest BCUT2D eigenvalue weighted by Gasteiger charge is 2.38. The van der Waals surface area contributed by atoms with Crippen molar-refractivity contribution in [3.63, 3.8) is 0 Å². The molecule has 1 aromatic heterocycles. The topological polar surface area (TPSA) is 106 Å². The summed E-state index contributed by atoms with van der Waals surface area (Å²) >= 11 is 0. The van der Waals surface area contributed by atoms with Crippen molar-refractivity contribution in [3.05, 3.63) is 41.5 Å². The van der Waals surface area contributed by atoms with Gasteiger partial charge in [-0.2, -0.15) is 0 Å². The minimum absolute atomic E-state index is 0.128. The zero-order valence-electron chi connectivity index (χ0n) is 17.9. The van der Waals surface area contributed by atoms with Crippen molar-refractivity contribution in [2.75, 3.05) is 27.9 Å². The molecule has 9 nitrogen and oxygen atoms in total. The highest BCUT2D eigenvalue weighted by molar-refractivity contribution is 5.84. The maximum Gasteiger partial charge on any atom is 0.328 e. The Kier molecular flexibility index (Phi) is 6.49. The molecule has 2 atom stereocenters. The Bertz CT molecular complexity index is 911. The lowest BCUT2D eigenvalue weighted by atomic mass is 9.94. The summed E-state index contributed by atoms with van der Waals surface area (Å²) < 4.78 is 15.8. The molecule has 0 aliphatic carbocycles. The van der Waals surface area contributed by atoms with E-state index in [1.807, 2.05) is 19.9 Å². The molecule has 0 bridgehead atoms. The van der Waals surface area contributed by atoms with Crippen LogP contribution < -0.4 is 14.8 Å². The van der Waals surface area contributed by atoms with Gasteiger partial charge in [0.05, 0.1) is 33.4 Å². The number of rotatable bonds is 6. The lowest BCUT2D eigenvalue weighted by Crippen LogP contribution is -2.53. The molecule has 0 fully saturated rings. The highest BCUT2D eigenvalue weighted by Crippen LogP contribution is 2.39. The quantitative estimate of drug-likeness (QED) is 0.700. The second kappa shape index (κ2) is 9.06. The summed E-state index contributed by atoms with van der Waals surface area (Å²) in [6, 6.07) is 3.81. The van der Waals surface area contributed by atoms with Crippen LogP contribution in [-0.4, -0.2) is 60.8 Å². The predicted molar refractivity (Wildman–Crippen MR) is 110 cm³/mol. The van der Waals surface area contributed by atoms with Gasteiger partial charge in [0.1, 0.15) is 23.6 Å². The largest absolute Gasteiger partial charge is 0.497 e. The van der Waals surface area contributed by atoms with Crippen LogP contribution in [0.3, 0.4) is 0 Å². The smallest absolute Gasteiger partial charge is 0.328 e. The van der Waals surface area contributed by atoms with E-state index in [1.54, 1.807) is 37.6 Å². The van der Waals surface area contributed by atoms with Crippen molar-refractivity contribution in [2.24, 2.45) is 5.92 Å². The minimum Gasteiger partial charge on any atom is -0.497 e. The molecule has 1 aliphatic heterocycles. The van der Waals surface area contributed by atoms with Gasteiger partial charge in [0.2, 0.25) is 0 Å². The van der Waals surface area contributed by atoms with Gasteiger partial charge in [-0.25, -0.2) is 14.6 Å². The third-order valence-corrected chi connectivity index (χ3v) is 5.32. The number of aromatic nitrogens is 2. The Morgan fingerprint density at radius 3 is 2.63 bits per heavy atom. The molecule has 2 N–H and O–H groups in total. The lowest BCUT2D eigenvalue weighted by Gasteiger charge is -2.37. The molecule has 0 unspecified atom stereocenters. The van der Waals surface area contributed by atoms with Crippen LogP contribution in [0.4, 0.5) is 4.79 Å². The van der Waals surface area contributed by atoms with Gasteiger partial charge in [0.15, 0.2) is 0 Å². The van der Waals surface area contributed by atoms with Gasteiger partial charge < -0.3 is 29.4 Å². The Hall–Kier alpha value is -3.23. The fourth-order valence-corrected chi connectivity index (χ4v) is 3.70. The first-order chi connectivity index (χ1) is 14.4. The van der Waals surface area contributed by atoms with E-state index >= 15 is 0 Å². The number of nitrogens with zero attached hydrogens (tertiary/aromatic N) is 2. The minimum atomic E-state index is -0.754. The molecular formula is C21H28N4O5. The average Bonchev–Trinajstić information content (AvgIpc) is 3.24. The molecule has 30 heavy (non-hydrogen) atoms. The summed E-state index contributed by atoms with van der Waals surface area (Å²) in [7, 11) is 4.47. The number of carbonyl (C=O) groups excluding carboxylic acids is 2. The molecule has 0 saturated heterocycles. The van der Waals surface area contributed by atoms with Gasteiger partial charge in [-0.05, 0) is 24.1 Å². The van der Waals surface area contributed by atoms with Crippen LogP contribution in [0.15, 0.2) is 24.5 Å². The van der Waals surface area contributed by atoms with Crippen LogP contribution in [0.2, 0.25) is 0 Å². The number of hydrogen-bond acceptors (Lipinski definition) is 6. The molecule has 0 saturated carbocycles. The van der Waals surface area contributed by atoms with E-state index < -0.39 is 18.1 Å². The summed E-state index contributed by atoms with van der Waals surface area (Å²) in [6.45, 7) is 4.15. The SMILES string of the molecule is COC(=O)[C@@H](NC(=O)N1CCc2[nH]cnc2[C@H]1c1cc(OC)ccc1OC)C(C)C. The van der Waals surface area contributed by atoms with Crippen LogP contribution in [0.1, 0.15) is 36.8 Å². The number of ether oxygens (including phenoxy) is 3. The monoisotopic (exact) mass is 416 g/mol. The summed E-state index contributed by atoms with van der Waals surface area (Å²) in [5.41, 5.74) is 2.45. The normalized spacial score (nSPS) is 16.6. The lowest BCUT2D eigenvalue weighted by molar-refractivity contribution is -0.144. The molecule has 3 rings (SSSR count). The Morgan fingerprint density at radius 2 is 2.00 bits per heavy atom. The first-order valence-electron chi connectivity index (χ1n) is 9.80. The zero-order chi connectivity index (χ0) is 21.8. The van der Waals surface area contributed by atoms with Crippen LogP contribution in [-0.2, 0) is 16.0 Å². The molecular weight excluding hydrogens is 388 g/mol. The summed E-state index contributed by atoms with van der Waals surface area (Å²) in [5.74, 6) is 0.648. The van der Waals surface area contributed by atoms with Crippen molar-refractivity contribution in [3.8, 4) is 11.5 Å². The number of imidazole rings is 1. The maximum absolute atomic E-state index is 13.3. The number of urea groups is 1. The summed E-state index contributed by atoms with van der Waals surface area (Å²) in [5, 5.41) is 2.83. The fraction of sp³-hybridized carbons (Fsp3) is 0.476. The number of H-pyrrole nitrogens is 1. The first-order valence-corrected chi connectivity index (χ1v) is 9.80. The molecule has 2 heterocycles. The Labute approximate surface area is 175 Å². The predicted octanol–water partition coefficient (Wildman–Crippen LogP) is 2.28. The summed E-state index contributed by atoms with van der Waals surface area (Å²) in [6.07, 6.45) is 2.24. The summed E-state index contributed by atoms with van der Waals surface area (Å²) in [4.78, 5) is 34.8. The number of benzene rings is 1. The third kappa shape index (κ3) is 4.05. The second-order valence-electron chi connectivity index (χ2n) is 7.41. The number of nitrogens with one attached hydrogen (secondary N) is 2. The number of fused-ring (bicyclic) bond motifs is 1. The molecule has 0 radical (unpaired) electrons. The highest BCUT2D eigenvalue weighted by atomic mass is 16.5. The zero-order valence-corrected chi connectivity index (χ0v) is 17.9. The average molecular weight is 416 g/mol. The number of esters is 1. The number of amides is 2.